The first-order valence-electron chi connectivity index (χ1n) is 6.24. The summed E-state index contributed by atoms with van der Waals surface area (Å²) in [5.41, 5.74) is -0.116. The molecule has 0 bridgehead atoms. The number of amides is 1. The van der Waals surface area contributed by atoms with E-state index >= 15 is 0 Å². The van der Waals surface area contributed by atoms with Crippen molar-refractivity contribution in [3.8, 4) is 11.5 Å². The van der Waals surface area contributed by atoms with Crippen LogP contribution in [0.25, 0.3) is 10.8 Å². The van der Waals surface area contributed by atoms with Crippen LogP contribution in [-0.2, 0) is 6.54 Å². The van der Waals surface area contributed by atoms with Crippen LogP contribution in [0.1, 0.15) is 15.9 Å². The minimum absolute atomic E-state index is 0.0830. The van der Waals surface area contributed by atoms with Gasteiger partial charge in [0.2, 0.25) is 0 Å². The van der Waals surface area contributed by atoms with E-state index in [0.717, 1.165) is 0 Å². The van der Waals surface area contributed by atoms with Crippen molar-refractivity contribution in [3.63, 3.8) is 0 Å². The lowest BCUT2D eigenvalue weighted by Crippen LogP contribution is -2.14. The quantitative estimate of drug-likeness (QED) is 0.881. The third kappa shape index (κ3) is 2.30. The van der Waals surface area contributed by atoms with Crippen molar-refractivity contribution < 1.29 is 31.8 Å². The van der Waals surface area contributed by atoms with Crippen molar-refractivity contribution >= 4 is 16.7 Å². The highest BCUT2D eigenvalue weighted by Gasteiger charge is 2.32. The molecule has 1 aliphatic rings. The van der Waals surface area contributed by atoms with E-state index in [1.807, 2.05) is 0 Å². The van der Waals surface area contributed by atoms with E-state index in [1.54, 1.807) is 6.07 Å². The SMILES string of the molecule is O=C1NCc2c1c(OC(F)F)c1ccccc1c2OC(F)F. The van der Waals surface area contributed by atoms with Crippen LogP contribution in [0.4, 0.5) is 17.6 Å². The Hall–Kier alpha value is -2.51. The molecule has 4 nitrogen and oxygen atoms in total. The summed E-state index contributed by atoms with van der Waals surface area (Å²) in [7, 11) is 0. The van der Waals surface area contributed by atoms with Gasteiger partial charge in [0.15, 0.2) is 0 Å². The Kier molecular flexibility index (Phi) is 3.51. The molecule has 0 spiro atoms. The van der Waals surface area contributed by atoms with Crippen molar-refractivity contribution in [1.29, 1.82) is 0 Å². The number of ether oxygens (including phenoxy) is 2. The van der Waals surface area contributed by atoms with E-state index in [9.17, 15) is 22.4 Å². The zero-order chi connectivity index (χ0) is 15.9. The molecule has 2 aromatic carbocycles. The zero-order valence-corrected chi connectivity index (χ0v) is 10.9. The standard InChI is InChI=1S/C14H9F4NO3/c15-13(16)21-10-6-3-1-2-4-7(6)11(22-14(17)18)9-8(10)5-19-12(9)20/h1-4,13-14H,5H2,(H,19,20). The Morgan fingerprint density at radius 2 is 1.50 bits per heavy atom. The Balaban J connectivity index is 2.35. The largest absolute Gasteiger partial charge is 0.434 e. The highest BCUT2D eigenvalue weighted by atomic mass is 19.3. The number of hydrogen-bond acceptors (Lipinski definition) is 3. The maximum Gasteiger partial charge on any atom is 0.387 e. The predicted octanol–water partition coefficient (Wildman–Crippen LogP) is 3.29. The maximum atomic E-state index is 12.6. The van der Waals surface area contributed by atoms with Gasteiger partial charge in [-0.05, 0) is 0 Å². The van der Waals surface area contributed by atoms with Gasteiger partial charge in [0.25, 0.3) is 5.91 Å². The van der Waals surface area contributed by atoms with E-state index in [0.29, 0.717) is 0 Å². The number of halogens is 4. The van der Waals surface area contributed by atoms with Crippen molar-refractivity contribution in [2.45, 2.75) is 19.8 Å². The number of carbonyl (C=O) groups excluding carboxylic acids is 1. The van der Waals surface area contributed by atoms with Crippen molar-refractivity contribution in [1.82, 2.24) is 5.32 Å². The van der Waals surface area contributed by atoms with E-state index in [-0.39, 0.29) is 39.9 Å². The van der Waals surface area contributed by atoms with Gasteiger partial charge in [-0.1, -0.05) is 24.3 Å². The second-order valence-corrected chi connectivity index (χ2v) is 4.50. The summed E-state index contributed by atoms with van der Waals surface area (Å²) >= 11 is 0. The first kappa shape index (κ1) is 14.4. The molecule has 2 aromatic rings. The van der Waals surface area contributed by atoms with Gasteiger partial charge in [0.05, 0.1) is 5.56 Å². The highest BCUT2D eigenvalue weighted by molar-refractivity contribution is 6.09. The fourth-order valence-electron chi connectivity index (χ4n) is 2.53. The maximum absolute atomic E-state index is 12.6. The smallest absolute Gasteiger partial charge is 0.387 e. The molecule has 0 saturated carbocycles. The molecule has 0 atom stereocenters. The Morgan fingerprint density at radius 1 is 0.955 bits per heavy atom. The van der Waals surface area contributed by atoms with Gasteiger partial charge in [-0.2, -0.15) is 17.6 Å². The molecule has 116 valence electrons. The summed E-state index contributed by atoms with van der Waals surface area (Å²) < 4.78 is 59.6. The molecule has 1 amide bonds. The highest BCUT2D eigenvalue weighted by Crippen LogP contribution is 2.43. The molecule has 0 unspecified atom stereocenters. The van der Waals surface area contributed by atoms with Crippen LogP contribution in [0.2, 0.25) is 0 Å². The van der Waals surface area contributed by atoms with Gasteiger partial charge >= 0.3 is 13.2 Å². The first-order valence-corrected chi connectivity index (χ1v) is 6.24. The molecule has 0 aromatic heterocycles. The number of benzene rings is 2. The summed E-state index contributed by atoms with van der Waals surface area (Å²) in [4.78, 5) is 11.9. The van der Waals surface area contributed by atoms with E-state index < -0.39 is 19.1 Å². The van der Waals surface area contributed by atoms with Gasteiger partial charge in [0, 0.05) is 22.9 Å². The molecule has 8 heteroatoms. The van der Waals surface area contributed by atoms with E-state index in [2.05, 4.69) is 14.8 Å². The number of fused-ring (bicyclic) bond motifs is 2. The molecular formula is C14H9F4NO3. The fourth-order valence-corrected chi connectivity index (χ4v) is 2.53. The molecule has 0 saturated heterocycles. The van der Waals surface area contributed by atoms with Crippen LogP contribution in [0.5, 0.6) is 11.5 Å². The van der Waals surface area contributed by atoms with Crippen LogP contribution in [0, 0.1) is 0 Å². The molecule has 1 aliphatic heterocycles. The Morgan fingerprint density at radius 3 is 2.09 bits per heavy atom. The second kappa shape index (κ2) is 5.36. The summed E-state index contributed by atoms with van der Waals surface area (Å²) in [5, 5.41) is 2.68. The normalized spacial score (nSPS) is 13.6. The minimum Gasteiger partial charge on any atom is -0.434 e. The Bertz CT molecular complexity index is 748. The monoisotopic (exact) mass is 315 g/mol. The van der Waals surface area contributed by atoms with Crippen LogP contribution < -0.4 is 14.8 Å². The fraction of sp³-hybridized carbons (Fsp3) is 0.214. The summed E-state index contributed by atoms with van der Waals surface area (Å²) in [6.45, 7) is -6.35. The van der Waals surface area contributed by atoms with E-state index in [4.69, 9.17) is 0 Å². The van der Waals surface area contributed by atoms with Crippen molar-refractivity contribution in [3.05, 3.63) is 35.4 Å². The summed E-state index contributed by atoms with van der Waals surface area (Å²) in [6.07, 6.45) is 0. The lowest BCUT2D eigenvalue weighted by Gasteiger charge is -2.17. The summed E-state index contributed by atoms with van der Waals surface area (Å²) in [5.74, 6) is -1.21. The number of nitrogens with one attached hydrogen (secondary N) is 1. The zero-order valence-electron chi connectivity index (χ0n) is 10.9. The Labute approximate surface area is 121 Å². The number of rotatable bonds is 4. The molecule has 1 N–H and O–H groups in total. The van der Waals surface area contributed by atoms with Gasteiger partial charge in [-0.3, -0.25) is 4.79 Å². The molecule has 0 aliphatic carbocycles. The van der Waals surface area contributed by atoms with Crippen LogP contribution in [0.15, 0.2) is 24.3 Å². The molecule has 3 rings (SSSR count). The topological polar surface area (TPSA) is 47.6 Å². The number of hydrogen-bond donors (Lipinski definition) is 1. The van der Waals surface area contributed by atoms with Crippen molar-refractivity contribution in [2.24, 2.45) is 0 Å². The van der Waals surface area contributed by atoms with Crippen LogP contribution in [0.3, 0.4) is 0 Å². The lowest BCUT2D eigenvalue weighted by molar-refractivity contribution is -0.0519. The van der Waals surface area contributed by atoms with Gasteiger partial charge < -0.3 is 14.8 Å². The van der Waals surface area contributed by atoms with Gasteiger partial charge in [0.1, 0.15) is 11.5 Å². The summed E-state index contributed by atoms with van der Waals surface area (Å²) in [6, 6.07) is 5.90. The third-order valence-corrected chi connectivity index (χ3v) is 3.29. The number of alkyl halides is 4. The minimum atomic E-state index is -3.15. The number of carbonyl (C=O) groups is 1. The average Bonchev–Trinajstić information content (AvgIpc) is 2.84. The second-order valence-electron chi connectivity index (χ2n) is 4.50. The third-order valence-electron chi connectivity index (χ3n) is 3.29. The van der Waals surface area contributed by atoms with E-state index in [1.165, 1.54) is 18.2 Å². The van der Waals surface area contributed by atoms with Gasteiger partial charge in [-0.25, -0.2) is 0 Å². The lowest BCUT2D eigenvalue weighted by atomic mass is 9.99. The average molecular weight is 315 g/mol. The predicted molar refractivity (Wildman–Crippen MR) is 68.4 cm³/mol. The molecule has 22 heavy (non-hydrogen) atoms. The first-order chi connectivity index (χ1) is 10.5. The molecule has 0 radical (unpaired) electrons. The van der Waals surface area contributed by atoms with Crippen LogP contribution >= 0.6 is 0 Å². The molecule has 0 fully saturated rings. The van der Waals surface area contributed by atoms with Crippen LogP contribution in [-0.4, -0.2) is 19.1 Å². The van der Waals surface area contributed by atoms with Gasteiger partial charge in [-0.15, -0.1) is 0 Å². The van der Waals surface area contributed by atoms with Crippen molar-refractivity contribution in [2.75, 3.05) is 0 Å². The molecule has 1 heterocycles. The molecular weight excluding hydrogens is 306 g/mol.